The van der Waals surface area contributed by atoms with Gasteiger partial charge in [-0.15, -0.1) is 0 Å². The van der Waals surface area contributed by atoms with E-state index in [1.807, 2.05) is 0 Å². The molecule has 0 aromatic heterocycles. The molecule has 1 unspecified atom stereocenters. The number of carboxylic acids is 2. The predicted octanol–water partition coefficient (Wildman–Crippen LogP) is 4.27. The maximum absolute atomic E-state index is 9.55. The molecule has 0 amide bonds. The molecular weight excluding hydrogens is 378 g/mol. The van der Waals surface area contributed by atoms with Crippen molar-refractivity contribution < 1.29 is 19.8 Å². The van der Waals surface area contributed by atoms with Crippen LogP contribution in [0.4, 0.5) is 0 Å². The number of likely N-dealkylation sites (tertiary alicyclic amines) is 1. The van der Waals surface area contributed by atoms with Crippen molar-refractivity contribution in [3.8, 4) is 0 Å². The van der Waals surface area contributed by atoms with Gasteiger partial charge in [0.25, 0.3) is 0 Å². The van der Waals surface area contributed by atoms with Crippen LogP contribution in [0.5, 0.6) is 0 Å². The van der Waals surface area contributed by atoms with Gasteiger partial charge in [0.2, 0.25) is 0 Å². The molecule has 1 aliphatic heterocycles. The molecule has 2 aromatic rings. The van der Waals surface area contributed by atoms with E-state index in [1.54, 1.807) is 0 Å². The molecule has 0 bridgehead atoms. The van der Waals surface area contributed by atoms with Gasteiger partial charge in [0.05, 0.1) is 0 Å². The number of benzene rings is 2. The SMILES string of the molecule is CN1CCC(C2C=C(c3ccccc3)c3ccccc32)CC1.O=C(O)/C=C/C(=O)O. The van der Waals surface area contributed by atoms with Gasteiger partial charge in [-0.05, 0) is 61.2 Å². The Morgan fingerprint density at radius 2 is 1.47 bits per heavy atom. The van der Waals surface area contributed by atoms with E-state index >= 15 is 0 Å². The first-order valence-corrected chi connectivity index (χ1v) is 10.1. The number of fused-ring (bicyclic) bond motifs is 1. The van der Waals surface area contributed by atoms with Crippen LogP contribution in [0.15, 0.2) is 72.8 Å². The van der Waals surface area contributed by atoms with Crippen LogP contribution in [0.25, 0.3) is 5.57 Å². The number of allylic oxidation sites excluding steroid dienone is 1. The topological polar surface area (TPSA) is 77.8 Å². The van der Waals surface area contributed by atoms with Gasteiger partial charge in [0.15, 0.2) is 0 Å². The minimum Gasteiger partial charge on any atom is -0.478 e. The summed E-state index contributed by atoms with van der Waals surface area (Å²) in [6.45, 7) is 2.47. The van der Waals surface area contributed by atoms with E-state index in [0.29, 0.717) is 18.1 Å². The number of piperidine rings is 1. The average molecular weight is 405 g/mol. The summed E-state index contributed by atoms with van der Waals surface area (Å²) in [7, 11) is 2.24. The van der Waals surface area contributed by atoms with Gasteiger partial charge >= 0.3 is 11.9 Å². The first-order valence-electron chi connectivity index (χ1n) is 10.1. The molecule has 4 rings (SSSR count). The summed E-state index contributed by atoms with van der Waals surface area (Å²) in [6.07, 6.45) is 6.28. The second-order valence-corrected chi connectivity index (χ2v) is 7.71. The van der Waals surface area contributed by atoms with Gasteiger partial charge < -0.3 is 15.1 Å². The number of rotatable bonds is 4. The Morgan fingerprint density at radius 1 is 0.900 bits per heavy atom. The lowest BCUT2D eigenvalue weighted by Gasteiger charge is -2.32. The first-order chi connectivity index (χ1) is 14.5. The van der Waals surface area contributed by atoms with Crippen molar-refractivity contribution in [1.82, 2.24) is 4.90 Å². The summed E-state index contributed by atoms with van der Waals surface area (Å²) >= 11 is 0. The van der Waals surface area contributed by atoms with Gasteiger partial charge in [-0.25, -0.2) is 9.59 Å². The van der Waals surface area contributed by atoms with Crippen LogP contribution >= 0.6 is 0 Å². The maximum atomic E-state index is 9.55. The van der Waals surface area contributed by atoms with E-state index in [9.17, 15) is 9.59 Å². The average Bonchev–Trinajstić information content (AvgIpc) is 3.14. The predicted molar refractivity (Wildman–Crippen MR) is 117 cm³/mol. The number of hydrogen-bond acceptors (Lipinski definition) is 3. The highest BCUT2D eigenvalue weighted by Crippen LogP contribution is 2.45. The Balaban J connectivity index is 0.000000275. The molecule has 5 nitrogen and oxygen atoms in total. The van der Waals surface area contributed by atoms with Gasteiger partial charge in [-0.3, -0.25) is 0 Å². The monoisotopic (exact) mass is 405 g/mol. The van der Waals surface area contributed by atoms with Crippen LogP contribution in [0.2, 0.25) is 0 Å². The zero-order valence-electron chi connectivity index (χ0n) is 17.1. The molecule has 2 N–H and O–H groups in total. The maximum Gasteiger partial charge on any atom is 0.328 e. The largest absolute Gasteiger partial charge is 0.478 e. The minimum atomic E-state index is -1.26. The van der Waals surface area contributed by atoms with Crippen molar-refractivity contribution in [2.24, 2.45) is 5.92 Å². The van der Waals surface area contributed by atoms with Crippen molar-refractivity contribution in [1.29, 1.82) is 0 Å². The van der Waals surface area contributed by atoms with Gasteiger partial charge in [0.1, 0.15) is 0 Å². The molecule has 0 radical (unpaired) electrons. The quantitative estimate of drug-likeness (QED) is 0.743. The molecular formula is C25H27NO4. The lowest BCUT2D eigenvalue weighted by molar-refractivity contribution is -0.134. The smallest absolute Gasteiger partial charge is 0.328 e. The molecule has 5 heteroatoms. The van der Waals surface area contributed by atoms with E-state index in [0.717, 1.165) is 5.92 Å². The fraction of sp³-hybridized carbons (Fsp3) is 0.280. The van der Waals surface area contributed by atoms with E-state index in [2.05, 4.69) is 72.6 Å². The molecule has 1 aliphatic carbocycles. The Labute approximate surface area is 177 Å². The van der Waals surface area contributed by atoms with Crippen LogP contribution in [0, 0.1) is 5.92 Å². The highest BCUT2D eigenvalue weighted by Gasteiger charge is 2.31. The number of carbonyl (C=O) groups is 2. The molecule has 0 spiro atoms. The van der Waals surface area contributed by atoms with E-state index < -0.39 is 11.9 Å². The summed E-state index contributed by atoms with van der Waals surface area (Å²) in [5, 5.41) is 15.6. The number of nitrogens with zero attached hydrogens (tertiary/aromatic N) is 1. The summed E-state index contributed by atoms with van der Waals surface area (Å²) < 4.78 is 0. The summed E-state index contributed by atoms with van der Waals surface area (Å²) in [5.41, 5.74) is 5.76. The van der Waals surface area contributed by atoms with Crippen molar-refractivity contribution in [2.75, 3.05) is 20.1 Å². The fourth-order valence-electron chi connectivity index (χ4n) is 4.18. The number of hydrogen-bond donors (Lipinski definition) is 2. The number of carboxylic acid groups (broad SMARTS) is 2. The lowest BCUT2D eigenvalue weighted by Crippen LogP contribution is -2.32. The fourth-order valence-corrected chi connectivity index (χ4v) is 4.18. The first kappa shape index (κ1) is 21.5. The van der Waals surface area contributed by atoms with E-state index in [1.165, 1.54) is 48.2 Å². The van der Waals surface area contributed by atoms with Crippen LogP contribution in [0.3, 0.4) is 0 Å². The van der Waals surface area contributed by atoms with Crippen LogP contribution < -0.4 is 0 Å². The second kappa shape index (κ2) is 10.0. The van der Waals surface area contributed by atoms with Crippen LogP contribution in [0.1, 0.15) is 35.4 Å². The van der Waals surface area contributed by atoms with Gasteiger partial charge in [-0.2, -0.15) is 0 Å². The molecule has 0 saturated carbocycles. The Kier molecular flexibility index (Phi) is 7.20. The number of aliphatic carboxylic acids is 2. The van der Waals surface area contributed by atoms with Crippen molar-refractivity contribution in [2.45, 2.75) is 18.8 Å². The zero-order valence-corrected chi connectivity index (χ0v) is 17.1. The third-order valence-corrected chi connectivity index (χ3v) is 5.68. The van der Waals surface area contributed by atoms with Crippen molar-refractivity contribution >= 4 is 17.5 Å². The zero-order chi connectivity index (χ0) is 21.5. The van der Waals surface area contributed by atoms with Crippen molar-refractivity contribution in [3.63, 3.8) is 0 Å². The molecule has 2 aromatic carbocycles. The Morgan fingerprint density at radius 3 is 2.07 bits per heavy atom. The third-order valence-electron chi connectivity index (χ3n) is 5.68. The Bertz CT molecular complexity index is 925. The lowest BCUT2D eigenvalue weighted by atomic mass is 9.81. The second-order valence-electron chi connectivity index (χ2n) is 7.71. The van der Waals surface area contributed by atoms with Gasteiger partial charge in [-0.1, -0.05) is 60.7 Å². The minimum absolute atomic E-state index is 0.558. The summed E-state index contributed by atoms with van der Waals surface area (Å²) in [6, 6.07) is 19.9. The normalized spacial score (nSPS) is 19.0. The van der Waals surface area contributed by atoms with Crippen molar-refractivity contribution in [3.05, 3.63) is 89.5 Å². The van der Waals surface area contributed by atoms with E-state index in [-0.39, 0.29) is 0 Å². The molecule has 30 heavy (non-hydrogen) atoms. The highest BCUT2D eigenvalue weighted by atomic mass is 16.4. The molecule has 1 atom stereocenters. The molecule has 2 aliphatic rings. The third kappa shape index (κ3) is 5.45. The molecule has 1 heterocycles. The standard InChI is InChI=1S/C21H23N.C4H4O4/c1-22-13-11-17(12-14-22)21-15-20(16-7-3-2-4-8-16)18-9-5-6-10-19(18)21;5-3(6)1-2-4(7)8/h2-10,15,17,21H,11-14H2,1H3;1-2H,(H,5,6)(H,7,8)/b;2-1+. The summed E-state index contributed by atoms with van der Waals surface area (Å²) in [5.74, 6) is -1.13. The Hall–Kier alpha value is -3.18. The molecule has 1 saturated heterocycles. The summed E-state index contributed by atoms with van der Waals surface area (Å²) in [4.78, 5) is 21.6. The van der Waals surface area contributed by atoms with Crippen LogP contribution in [-0.4, -0.2) is 47.2 Å². The van der Waals surface area contributed by atoms with Crippen LogP contribution in [-0.2, 0) is 9.59 Å². The molecule has 156 valence electrons. The van der Waals surface area contributed by atoms with E-state index in [4.69, 9.17) is 10.2 Å². The van der Waals surface area contributed by atoms with Gasteiger partial charge in [0, 0.05) is 18.1 Å². The molecule has 1 fully saturated rings. The highest BCUT2D eigenvalue weighted by molar-refractivity contribution is 5.89.